The minimum atomic E-state index is 0.0544. The fourth-order valence-corrected chi connectivity index (χ4v) is 4.04. The van der Waals surface area contributed by atoms with Gasteiger partial charge in [-0.3, -0.25) is 9.69 Å². The molecule has 1 N–H and O–H groups in total. The van der Waals surface area contributed by atoms with Crippen molar-refractivity contribution in [3.63, 3.8) is 0 Å². The summed E-state index contributed by atoms with van der Waals surface area (Å²) in [4.78, 5) is 14.6. The third kappa shape index (κ3) is 4.48. The Morgan fingerprint density at radius 2 is 2.11 bits per heavy atom. The van der Waals surface area contributed by atoms with E-state index in [4.69, 9.17) is 4.74 Å². The van der Waals surface area contributed by atoms with Crippen LogP contribution in [0, 0.1) is 6.92 Å². The lowest BCUT2D eigenvalue weighted by Gasteiger charge is -2.21. The highest BCUT2D eigenvalue weighted by atomic mass is 32.1. The van der Waals surface area contributed by atoms with Crippen molar-refractivity contribution in [2.75, 3.05) is 13.1 Å². The fraction of sp³-hybridized carbons (Fsp3) is 0.381. The topological polar surface area (TPSA) is 67.4 Å². The quantitative estimate of drug-likeness (QED) is 0.717. The Bertz CT molecular complexity index is 987. The van der Waals surface area contributed by atoms with Crippen LogP contribution in [0.1, 0.15) is 30.0 Å². The lowest BCUT2D eigenvalue weighted by Crippen LogP contribution is -2.34. The zero-order valence-corrected chi connectivity index (χ0v) is 17.0. The number of ether oxygens (including phenoxy) is 1. The average Bonchev–Trinajstić information content (AvgIpc) is 3.07. The first-order valence-electron chi connectivity index (χ1n) is 9.53. The Kier molecular flexibility index (Phi) is 5.54. The highest BCUT2D eigenvalue weighted by Crippen LogP contribution is 2.26. The van der Waals surface area contributed by atoms with E-state index in [2.05, 4.69) is 44.9 Å². The van der Waals surface area contributed by atoms with E-state index in [1.54, 1.807) is 0 Å². The lowest BCUT2D eigenvalue weighted by molar-refractivity contribution is -0.121. The third-order valence-electron chi connectivity index (χ3n) is 4.92. The first-order chi connectivity index (χ1) is 13.6. The molecular weight excluding hydrogens is 372 g/mol. The van der Waals surface area contributed by atoms with Crippen LogP contribution in [-0.2, 0) is 17.9 Å². The number of amides is 1. The summed E-state index contributed by atoms with van der Waals surface area (Å²) in [6.07, 6.45) is 0.569. The average molecular weight is 397 g/mol. The molecule has 2 aromatic carbocycles. The van der Waals surface area contributed by atoms with Gasteiger partial charge < -0.3 is 10.1 Å². The van der Waals surface area contributed by atoms with Crippen molar-refractivity contribution in [3.8, 4) is 5.75 Å². The minimum absolute atomic E-state index is 0.0544. The van der Waals surface area contributed by atoms with Gasteiger partial charge in [0, 0.05) is 38.2 Å². The largest absolute Gasteiger partial charge is 0.489 e. The zero-order valence-electron chi connectivity index (χ0n) is 16.1. The predicted octanol–water partition coefficient (Wildman–Crippen LogP) is 3.29. The maximum Gasteiger partial charge on any atom is 0.221 e. The Morgan fingerprint density at radius 3 is 3.00 bits per heavy atom. The summed E-state index contributed by atoms with van der Waals surface area (Å²) in [5, 5.41) is 3.01. The van der Waals surface area contributed by atoms with Gasteiger partial charge in [-0.25, -0.2) is 0 Å². The SMILES string of the molecule is Cc1ccc2c(c1)CN(CCC(=O)NCc1ccc3nsnc3c1)CC(C)O2. The molecule has 3 aromatic rings. The number of hydrogen-bond acceptors (Lipinski definition) is 6. The summed E-state index contributed by atoms with van der Waals surface area (Å²) in [5.74, 6) is 1.01. The van der Waals surface area contributed by atoms with Gasteiger partial charge in [-0.1, -0.05) is 23.8 Å². The molecule has 0 fully saturated rings. The molecule has 28 heavy (non-hydrogen) atoms. The number of carbonyl (C=O) groups is 1. The third-order valence-corrected chi connectivity index (χ3v) is 5.47. The van der Waals surface area contributed by atoms with Crippen molar-refractivity contribution in [3.05, 3.63) is 53.1 Å². The van der Waals surface area contributed by atoms with Gasteiger partial charge in [-0.2, -0.15) is 8.75 Å². The van der Waals surface area contributed by atoms with Gasteiger partial charge >= 0.3 is 0 Å². The van der Waals surface area contributed by atoms with Crippen LogP contribution in [0.3, 0.4) is 0 Å². The molecule has 1 amide bonds. The van der Waals surface area contributed by atoms with Gasteiger partial charge in [0.05, 0.1) is 11.7 Å². The molecule has 1 aliphatic rings. The number of fused-ring (bicyclic) bond motifs is 2. The molecule has 0 saturated heterocycles. The second-order valence-electron chi connectivity index (χ2n) is 7.39. The van der Waals surface area contributed by atoms with Gasteiger partial charge in [0.1, 0.15) is 22.9 Å². The highest BCUT2D eigenvalue weighted by molar-refractivity contribution is 7.00. The highest BCUT2D eigenvalue weighted by Gasteiger charge is 2.20. The van der Waals surface area contributed by atoms with Gasteiger partial charge in [-0.05, 0) is 37.6 Å². The monoisotopic (exact) mass is 396 g/mol. The lowest BCUT2D eigenvalue weighted by atomic mass is 10.1. The molecule has 2 heterocycles. The summed E-state index contributed by atoms with van der Waals surface area (Å²) < 4.78 is 14.5. The van der Waals surface area contributed by atoms with E-state index >= 15 is 0 Å². The molecule has 146 valence electrons. The number of nitrogens with zero attached hydrogens (tertiary/aromatic N) is 3. The molecule has 1 atom stereocenters. The maximum absolute atomic E-state index is 12.3. The molecule has 1 aliphatic heterocycles. The second-order valence-corrected chi connectivity index (χ2v) is 7.92. The standard InChI is InChI=1S/C21H24N4O2S/c1-14-3-6-20-17(9-14)13-25(12-15(2)27-20)8-7-21(26)22-11-16-4-5-18-19(10-16)24-28-23-18/h3-6,9-10,15H,7-8,11-13H2,1-2H3,(H,22,26). The van der Waals surface area contributed by atoms with E-state index < -0.39 is 0 Å². The summed E-state index contributed by atoms with van der Waals surface area (Å²) >= 11 is 1.20. The predicted molar refractivity (Wildman–Crippen MR) is 110 cm³/mol. The molecular formula is C21H24N4O2S. The first-order valence-corrected chi connectivity index (χ1v) is 10.3. The van der Waals surface area contributed by atoms with Crippen LogP contribution in [0.25, 0.3) is 11.0 Å². The fourth-order valence-electron chi connectivity index (χ4n) is 3.53. The molecule has 0 radical (unpaired) electrons. The Morgan fingerprint density at radius 1 is 1.25 bits per heavy atom. The second kappa shape index (κ2) is 8.24. The van der Waals surface area contributed by atoms with Crippen LogP contribution in [-0.4, -0.2) is 38.7 Å². The number of rotatable bonds is 5. The minimum Gasteiger partial charge on any atom is -0.489 e. The Hall–Kier alpha value is -2.51. The van der Waals surface area contributed by atoms with E-state index in [-0.39, 0.29) is 12.0 Å². The van der Waals surface area contributed by atoms with Crippen LogP contribution in [0.4, 0.5) is 0 Å². The Balaban J connectivity index is 1.31. The number of nitrogens with one attached hydrogen (secondary N) is 1. The number of aromatic nitrogens is 2. The van der Waals surface area contributed by atoms with Crippen LogP contribution < -0.4 is 10.1 Å². The van der Waals surface area contributed by atoms with E-state index in [1.807, 2.05) is 24.3 Å². The van der Waals surface area contributed by atoms with E-state index in [0.717, 1.165) is 35.4 Å². The summed E-state index contributed by atoms with van der Waals surface area (Å²) in [5.41, 5.74) is 5.23. The van der Waals surface area contributed by atoms with Crippen LogP contribution >= 0.6 is 11.7 Å². The van der Waals surface area contributed by atoms with E-state index in [9.17, 15) is 4.79 Å². The van der Waals surface area contributed by atoms with Crippen LogP contribution in [0.15, 0.2) is 36.4 Å². The number of aryl methyl sites for hydroxylation is 1. The van der Waals surface area contributed by atoms with Gasteiger partial charge in [0.15, 0.2) is 0 Å². The summed E-state index contributed by atoms with van der Waals surface area (Å²) in [6, 6.07) is 12.2. The number of hydrogen-bond donors (Lipinski definition) is 1. The smallest absolute Gasteiger partial charge is 0.221 e. The molecule has 1 aromatic heterocycles. The van der Waals surface area contributed by atoms with Gasteiger partial charge in [0.25, 0.3) is 0 Å². The van der Waals surface area contributed by atoms with Gasteiger partial charge in [-0.15, -0.1) is 0 Å². The molecule has 1 unspecified atom stereocenters. The van der Waals surface area contributed by atoms with Crippen LogP contribution in [0.5, 0.6) is 5.75 Å². The van der Waals surface area contributed by atoms with Crippen molar-refractivity contribution in [2.24, 2.45) is 0 Å². The van der Waals surface area contributed by atoms with Crippen molar-refractivity contribution in [1.29, 1.82) is 0 Å². The van der Waals surface area contributed by atoms with Gasteiger partial charge in [0.2, 0.25) is 5.91 Å². The summed E-state index contributed by atoms with van der Waals surface area (Å²) in [6.45, 7) is 7.00. The molecule has 6 nitrogen and oxygen atoms in total. The molecule has 4 rings (SSSR count). The normalized spacial score (nSPS) is 17.0. The van der Waals surface area contributed by atoms with Crippen molar-refractivity contribution in [2.45, 2.75) is 39.5 Å². The molecule has 0 spiro atoms. The molecule has 7 heteroatoms. The van der Waals surface area contributed by atoms with E-state index in [0.29, 0.717) is 19.5 Å². The Labute approximate surface area is 168 Å². The number of carbonyl (C=O) groups excluding carboxylic acids is 1. The first kappa shape index (κ1) is 18.8. The molecule has 0 saturated carbocycles. The maximum atomic E-state index is 12.3. The molecule has 0 bridgehead atoms. The van der Waals surface area contributed by atoms with Crippen molar-refractivity contribution in [1.82, 2.24) is 19.0 Å². The van der Waals surface area contributed by atoms with Crippen molar-refractivity contribution >= 4 is 28.7 Å². The van der Waals surface area contributed by atoms with Crippen LogP contribution in [0.2, 0.25) is 0 Å². The summed E-state index contributed by atoms with van der Waals surface area (Å²) in [7, 11) is 0. The zero-order chi connectivity index (χ0) is 19.5. The van der Waals surface area contributed by atoms with Crippen molar-refractivity contribution < 1.29 is 9.53 Å². The number of benzene rings is 2. The van der Waals surface area contributed by atoms with E-state index in [1.165, 1.54) is 22.9 Å². The molecule has 0 aliphatic carbocycles.